The lowest BCUT2D eigenvalue weighted by Crippen LogP contribution is -2.47. The minimum atomic E-state index is -0.0716. The third kappa shape index (κ3) is 3.73. The van der Waals surface area contributed by atoms with Gasteiger partial charge in [-0.2, -0.15) is 4.52 Å². The second-order valence-electron chi connectivity index (χ2n) is 7.68. The number of aromatic hydroxyl groups is 1. The first-order chi connectivity index (χ1) is 15.1. The largest absolute Gasteiger partial charge is 0.497 e. The summed E-state index contributed by atoms with van der Waals surface area (Å²) in [5, 5.41) is 15.4. The van der Waals surface area contributed by atoms with Crippen LogP contribution in [0.15, 0.2) is 54.6 Å². The van der Waals surface area contributed by atoms with Crippen LogP contribution in [-0.4, -0.2) is 57.9 Å². The number of fused-ring (bicyclic) bond motifs is 1. The second-order valence-corrected chi connectivity index (χ2v) is 8.69. The molecule has 0 spiro atoms. The molecule has 2 aromatic heterocycles. The summed E-state index contributed by atoms with van der Waals surface area (Å²) in [6.07, 6.45) is 0. The standard InChI is InChI=1S/C23H25N5O2S/c1-16-24-23-28(25-16)22(29)21(31-23)20(17-8-10-19(30-2)11-9-17)27-14-12-26(13-15-27)18-6-4-3-5-7-18/h3-11,20,29H,12-15H2,1-2H3/t20-/m0/s1. The van der Waals surface area contributed by atoms with Gasteiger partial charge in [0.1, 0.15) is 11.6 Å². The first kappa shape index (κ1) is 19.8. The van der Waals surface area contributed by atoms with Gasteiger partial charge in [-0.15, -0.1) is 5.10 Å². The van der Waals surface area contributed by atoms with E-state index in [4.69, 9.17) is 4.74 Å². The first-order valence-electron chi connectivity index (χ1n) is 10.4. The Labute approximate surface area is 185 Å². The van der Waals surface area contributed by atoms with Gasteiger partial charge in [-0.1, -0.05) is 41.7 Å². The molecule has 5 rings (SSSR count). The van der Waals surface area contributed by atoms with Gasteiger partial charge >= 0.3 is 0 Å². The minimum Gasteiger partial charge on any atom is -0.497 e. The van der Waals surface area contributed by atoms with Gasteiger partial charge in [0.25, 0.3) is 0 Å². The number of anilines is 1. The lowest BCUT2D eigenvalue weighted by Gasteiger charge is -2.40. The van der Waals surface area contributed by atoms with Crippen LogP contribution >= 0.6 is 11.3 Å². The molecule has 1 fully saturated rings. The summed E-state index contributed by atoms with van der Waals surface area (Å²) >= 11 is 1.50. The van der Waals surface area contributed by atoms with Gasteiger partial charge in [0, 0.05) is 31.9 Å². The fourth-order valence-corrected chi connectivity index (χ4v) is 5.38. The van der Waals surface area contributed by atoms with Gasteiger partial charge in [0.2, 0.25) is 10.8 Å². The van der Waals surface area contributed by atoms with Crippen LogP contribution in [0.3, 0.4) is 0 Å². The highest BCUT2D eigenvalue weighted by molar-refractivity contribution is 7.17. The normalized spacial score (nSPS) is 16.0. The maximum absolute atomic E-state index is 11.0. The van der Waals surface area contributed by atoms with Crippen LogP contribution in [0.5, 0.6) is 11.6 Å². The number of aromatic nitrogens is 3. The quantitative estimate of drug-likeness (QED) is 0.515. The second kappa shape index (κ2) is 8.20. The number of piperazine rings is 1. The Bertz CT molecular complexity index is 1160. The van der Waals surface area contributed by atoms with Crippen LogP contribution in [0.2, 0.25) is 0 Å². The predicted molar refractivity (Wildman–Crippen MR) is 122 cm³/mol. The van der Waals surface area contributed by atoms with Crippen LogP contribution in [0.4, 0.5) is 5.69 Å². The first-order valence-corrected chi connectivity index (χ1v) is 11.2. The molecule has 1 N–H and O–H groups in total. The molecule has 3 heterocycles. The lowest BCUT2D eigenvalue weighted by molar-refractivity contribution is 0.211. The average Bonchev–Trinajstić information content (AvgIpc) is 3.32. The number of para-hydroxylation sites is 1. The Morgan fingerprint density at radius 3 is 2.35 bits per heavy atom. The maximum Gasteiger partial charge on any atom is 0.230 e. The Balaban J connectivity index is 1.48. The van der Waals surface area contributed by atoms with Crippen molar-refractivity contribution in [3.63, 3.8) is 0 Å². The lowest BCUT2D eigenvalue weighted by atomic mass is 10.0. The van der Waals surface area contributed by atoms with Crippen molar-refractivity contribution in [3.8, 4) is 11.6 Å². The van der Waals surface area contributed by atoms with E-state index in [-0.39, 0.29) is 11.9 Å². The van der Waals surface area contributed by atoms with E-state index in [0.29, 0.717) is 10.8 Å². The van der Waals surface area contributed by atoms with Gasteiger partial charge in [0.05, 0.1) is 18.0 Å². The average molecular weight is 436 g/mol. The molecule has 0 amide bonds. The van der Waals surface area contributed by atoms with E-state index in [2.05, 4.69) is 56.3 Å². The molecule has 1 saturated heterocycles. The molecule has 1 aliphatic rings. The van der Waals surface area contributed by atoms with Crippen molar-refractivity contribution in [2.75, 3.05) is 38.2 Å². The molecule has 0 aliphatic carbocycles. The smallest absolute Gasteiger partial charge is 0.230 e. The molecule has 0 saturated carbocycles. The SMILES string of the molecule is COc1ccc([C@@H](c2sc3nc(C)nn3c2O)N2CCN(c3ccccc3)CC2)cc1. The molecule has 31 heavy (non-hydrogen) atoms. The van der Waals surface area contributed by atoms with E-state index in [1.54, 1.807) is 11.6 Å². The van der Waals surface area contributed by atoms with Crippen LogP contribution in [0.1, 0.15) is 22.3 Å². The molecule has 1 atom stereocenters. The van der Waals surface area contributed by atoms with Crippen LogP contribution < -0.4 is 9.64 Å². The molecule has 160 valence electrons. The Morgan fingerprint density at radius 2 is 1.71 bits per heavy atom. The summed E-state index contributed by atoms with van der Waals surface area (Å²) in [6, 6.07) is 18.5. The maximum atomic E-state index is 11.0. The van der Waals surface area contributed by atoms with Gasteiger partial charge in [-0.3, -0.25) is 4.90 Å². The van der Waals surface area contributed by atoms with Crippen molar-refractivity contribution in [1.82, 2.24) is 19.5 Å². The number of hydrogen-bond acceptors (Lipinski definition) is 7. The number of nitrogens with zero attached hydrogens (tertiary/aromatic N) is 5. The zero-order valence-corrected chi connectivity index (χ0v) is 18.4. The fourth-order valence-electron chi connectivity index (χ4n) is 4.22. The molecular weight excluding hydrogens is 410 g/mol. The van der Waals surface area contributed by atoms with Gasteiger partial charge in [-0.05, 0) is 36.8 Å². The van der Waals surface area contributed by atoms with Crippen molar-refractivity contribution >= 4 is 22.0 Å². The summed E-state index contributed by atoms with van der Waals surface area (Å²) in [5.41, 5.74) is 2.37. The van der Waals surface area contributed by atoms with Crippen LogP contribution in [0, 0.1) is 6.92 Å². The summed E-state index contributed by atoms with van der Waals surface area (Å²) in [7, 11) is 1.67. The third-order valence-corrected chi connectivity index (χ3v) is 6.86. The van der Waals surface area contributed by atoms with E-state index < -0.39 is 0 Å². The Kier molecular flexibility index (Phi) is 5.25. The number of ether oxygens (including phenoxy) is 1. The number of hydrogen-bond donors (Lipinski definition) is 1. The van der Waals surface area contributed by atoms with Crippen molar-refractivity contribution in [2.24, 2.45) is 0 Å². The molecule has 0 bridgehead atoms. The number of methoxy groups -OCH3 is 1. The number of aryl methyl sites for hydroxylation is 1. The minimum absolute atomic E-state index is 0.0716. The van der Waals surface area contributed by atoms with E-state index >= 15 is 0 Å². The molecule has 8 heteroatoms. The topological polar surface area (TPSA) is 66.1 Å². The van der Waals surface area contributed by atoms with Gasteiger partial charge < -0.3 is 14.7 Å². The van der Waals surface area contributed by atoms with Crippen LogP contribution in [-0.2, 0) is 0 Å². The summed E-state index contributed by atoms with van der Waals surface area (Å²) in [6.45, 7) is 5.46. The van der Waals surface area contributed by atoms with E-state index in [0.717, 1.165) is 42.4 Å². The monoisotopic (exact) mass is 435 g/mol. The fraction of sp³-hybridized carbons (Fsp3) is 0.304. The van der Waals surface area contributed by atoms with Crippen molar-refractivity contribution < 1.29 is 9.84 Å². The van der Waals surface area contributed by atoms with Crippen molar-refractivity contribution in [1.29, 1.82) is 0 Å². The molecule has 0 radical (unpaired) electrons. The highest BCUT2D eigenvalue weighted by Crippen LogP contribution is 2.40. The molecular formula is C23H25N5O2S. The highest BCUT2D eigenvalue weighted by atomic mass is 32.1. The number of benzene rings is 2. The van der Waals surface area contributed by atoms with Gasteiger partial charge in [-0.25, -0.2) is 4.98 Å². The molecule has 1 aliphatic heterocycles. The summed E-state index contributed by atoms with van der Waals surface area (Å²) in [4.78, 5) is 10.9. The van der Waals surface area contributed by atoms with E-state index in [9.17, 15) is 5.11 Å². The van der Waals surface area contributed by atoms with Gasteiger partial charge in [0.15, 0.2) is 0 Å². The summed E-state index contributed by atoms with van der Waals surface area (Å²) in [5.74, 6) is 1.65. The summed E-state index contributed by atoms with van der Waals surface area (Å²) < 4.78 is 6.89. The molecule has 2 aromatic carbocycles. The van der Waals surface area contributed by atoms with E-state index in [1.807, 2.05) is 25.1 Å². The molecule has 0 unspecified atom stereocenters. The Hall–Kier alpha value is -3.10. The number of thiazole rings is 1. The zero-order valence-electron chi connectivity index (χ0n) is 17.6. The van der Waals surface area contributed by atoms with E-state index in [1.165, 1.54) is 17.0 Å². The predicted octanol–water partition coefficient (Wildman–Crippen LogP) is 3.73. The molecule has 7 nitrogen and oxygen atoms in total. The van der Waals surface area contributed by atoms with Crippen molar-refractivity contribution in [3.05, 3.63) is 70.9 Å². The molecule has 4 aromatic rings. The van der Waals surface area contributed by atoms with Crippen molar-refractivity contribution in [2.45, 2.75) is 13.0 Å². The highest BCUT2D eigenvalue weighted by Gasteiger charge is 2.31. The Morgan fingerprint density at radius 1 is 1.00 bits per heavy atom. The number of rotatable bonds is 5. The van der Waals surface area contributed by atoms with Crippen LogP contribution in [0.25, 0.3) is 4.96 Å². The third-order valence-electron chi connectivity index (χ3n) is 5.79. The zero-order chi connectivity index (χ0) is 21.4.